The second kappa shape index (κ2) is 16.1. The number of para-hydroxylation sites is 1. The van der Waals surface area contributed by atoms with Crippen molar-refractivity contribution in [3.8, 4) is 10.4 Å². The number of nitrogens with zero attached hydrogens (tertiary/aromatic N) is 3. The maximum absolute atomic E-state index is 14.1. The number of carbonyl (C=O) groups is 3. The third-order valence-electron chi connectivity index (χ3n) is 10.4. The van der Waals surface area contributed by atoms with E-state index in [2.05, 4.69) is 20.5 Å². The number of fused-ring (bicyclic) bond motifs is 3. The van der Waals surface area contributed by atoms with Crippen molar-refractivity contribution in [2.24, 2.45) is 5.41 Å². The molecule has 0 aliphatic carbocycles. The van der Waals surface area contributed by atoms with Crippen molar-refractivity contribution >= 4 is 52.3 Å². The van der Waals surface area contributed by atoms with Crippen LogP contribution in [0.3, 0.4) is 0 Å². The Morgan fingerprint density at radius 1 is 0.947 bits per heavy atom. The van der Waals surface area contributed by atoms with Gasteiger partial charge in [0.15, 0.2) is 0 Å². The number of hydrogen-bond donors (Lipinski definition) is 2. The van der Waals surface area contributed by atoms with Crippen LogP contribution in [0.25, 0.3) is 10.4 Å². The maximum Gasteiger partial charge on any atom is 0.418 e. The number of pyridine rings is 1. The van der Waals surface area contributed by atoms with E-state index in [1.807, 2.05) is 24.9 Å². The second-order valence-electron chi connectivity index (χ2n) is 14.5. The van der Waals surface area contributed by atoms with Gasteiger partial charge in [0.2, 0.25) is 0 Å². The number of anilines is 4. The molecule has 15 heteroatoms. The molecule has 5 aromatic rings. The molecular weight excluding hydrogens is 766 g/mol. The van der Waals surface area contributed by atoms with Crippen molar-refractivity contribution < 1.29 is 41.1 Å². The van der Waals surface area contributed by atoms with Gasteiger partial charge < -0.3 is 25.2 Å². The Labute approximate surface area is 329 Å². The number of aromatic nitrogens is 1. The van der Waals surface area contributed by atoms with E-state index < -0.39 is 35.0 Å². The molecule has 2 amide bonds. The number of halogens is 5. The Balaban J connectivity index is 0.000000175. The van der Waals surface area contributed by atoms with Crippen LogP contribution in [-0.4, -0.2) is 63.0 Å². The van der Waals surface area contributed by atoms with E-state index >= 15 is 0 Å². The van der Waals surface area contributed by atoms with Crippen LogP contribution in [0.4, 0.5) is 44.8 Å². The molecule has 1 spiro atoms. The van der Waals surface area contributed by atoms with Crippen molar-refractivity contribution in [2.75, 3.05) is 60.3 Å². The maximum atomic E-state index is 14.1. The summed E-state index contributed by atoms with van der Waals surface area (Å²) in [6.45, 7) is 5.98. The Morgan fingerprint density at radius 3 is 2.39 bits per heavy atom. The predicted molar refractivity (Wildman–Crippen MR) is 209 cm³/mol. The fourth-order valence-electron chi connectivity index (χ4n) is 7.30. The molecule has 2 fully saturated rings. The summed E-state index contributed by atoms with van der Waals surface area (Å²) in [4.78, 5) is 45.9. The minimum Gasteiger partial charge on any atom is -0.381 e. The molecule has 0 bridgehead atoms. The Bertz CT molecular complexity index is 2320. The topological polar surface area (TPSA) is 104 Å². The van der Waals surface area contributed by atoms with E-state index in [0.717, 1.165) is 96.3 Å². The fourth-order valence-corrected chi connectivity index (χ4v) is 8.44. The molecule has 2 N–H and O–H groups in total. The van der Waals surface area contributed by atoms with Gasteiger partial charge in [0.05, 0.1) is 21.7 Å². The van der Waals surface area contributed by atoms with Crippen molar-refractivity contribution in [1.82, 2.24) is 4.98 Å². The molecule has 0 radical (unpaired) electrons. The van der Waals surface area contributed by atoms with Gasteiger partial charge in [-0.1, -0.05) is 6.07 Å². The number of amides is 2. The summed E-state index contributed by atoms with van der Waals surface area (Å²) in [5, 5.41) is 4.98. The van der Waals surface area contributed by atoms with Crippen LogP contribution in [0, 0.1) is 24.0 Å². The highest BCUT2D eigenvalue weighted by molar-refractivity contribution is 7.17. The lowest BCUT2D eigenvalue weighted by molar-refractivity contribution is -0.137. The molecule has 8 rings (SSSR count). The first kappa shape index (κ1) is 39.6. The number of nitrogens with one attached hydrogen (secondary N) is 2. The molecule has 0 saturated carbocycles. The van der Waals surface area contributed by atoms with Crippen LogP contribution in [0.2, 0.25) is 0 Å². The average Bonchev–Trinajstić information content (AvgIpc) is 3.56. The number of ether oxygens (including phenoxy) is 1. The van der Waals surface area contributed by atoms with E-state index in [-0.39, 0.29) is 10.8 Å². The Hall–Kier alpha value is -5.67. The monoisotopic (exact) mass is 803 g/mol. The smallest absolute Gasteiger partial charge is 0.381 e. The lowest BCUT2D eigenvalue weighted by Crippen LogP contribution is -2.59. The summed E-state index contributed by atoms with van der Waals surface area (Å²) in [7, 11) is 1.83. The lowest BCUT2D eigenvalue weighted by Gasteiger charge is -2.53. The second-order valence-corrected chi connectivity index (χ2v) is 15.5. The van der Waals surface area contributed by atoms with Crippen molar-refractivity contribution in [3.63, 3.8) is 0 Å². The van der Waals surface area contributed by atoms with Gasteiger partial charge in [-0.05, 0) is 104 Å². The molecule has 3 aromatic carbocycles. The highest BCUT2D eigenvalue weighted by Gasteiger charge is 2.45. The zero-order valence-corrected chi connectivity index (χ0v) is 31.8. The first-order valence-corrected chi connectivity index (χ1v) is 19.0. The van der Waals surface area contributed by atoms with E-state index in [4.69, 9.17) is 4.74 Å². The van der Waals surface area contributed by atoms with Crippen LogP contribution in [0.1, 0.15) is 59.9 Å². The first-order chi connectivity index (χ1) is 27.2. The number of rotatable bonds is 6. The van der Waals surface area contributed by atoms with E-state index in [1.54, 1.807) is 42.6 Å². The summed E-state index contributed by atoms with van der Waals surface area (Å²) < 4.78 is 72.8. The van der Waals surface area contributed by atoms with Crippen LogP contribution < -0.4 is 20.4 Å². The number of aryl methyl sites for hydroxylation is 1. The number of likely N-dealkylation sites (N-methyl/N-ethyl adjacent to an activating group) is 1. The molecule has 296 valence electrons. The first-order valence-electron chi connectivity index (χ1n) is 18.2. The minimum atomic E-state index is -4.81. The zero-order valence-electron chi connectivity index (χ0n) is 31.0. The highest BCUT2D eigenvalue weighted by Crippen LogP contribution is 2.44. The summed E-state index contributed by atoms with van der Waals surface area (Å²) in [6, 6.07) is 17.1. The minimum absolute atomic E-state index is 0.149. The average molecular weight is 804 g/mol. The van der Waals surface area contributed by atoms with Crippen molar-refractivity contribution in [3.05, 3.63) is 123 Å². The van der Waals surface area contributed by atoms with E-state index in [1.165, 1.54) is 12.1 Å². The van der Waals surface area contributed by atoms with Gasteiger partial charge in [-0.15, -0.1) is 11.3 Å². The van der Waals surface area contributed by atoms with Gasteiger partial charge in [-0.2, -0.15) is 13.2 Å². The molecule has 2 aromatic heterocycles. The van der Waals surface area contributed by atoms with Crippen LogP contribution in [0.5, 0.6) is 0 Å². The fraction of sp³-hybridized carbons (Fsp3) is 0.286. The number of hydrogen-bond acceptors (Lipinski definition) is 8. The molecule has 57 heavy (non-hydrogen) atoms. The van der Waals surface area contributed by atoms with Crippen molar-refractivity contribution in [1.29, 1.82) is 0 Å². The summed E-state index contributed by atoms with van der Waals surface area (Å²) in [5.41, 5.74) is 3.13. The molecule has 0 atom stereocenters. The van der Waals surface area contributed by atoms with Crippen LogP contribution >= 0.6 is 11.3 Å². The zero-order chi connectivity index (χ0) is 40.5. The third-order valence-corrected chi connectivity index (χ3v) is 11.6. The van der Waals surface area contributed by atoms with Gasteiger partial charge in [0.1, 0.15) is 23.7 Å². The molecular formula is C42H38F5N5O4S. The van der Waals surface area contributed by atoms with E-state index in [9.17, 15) is 36.3 Å². The molecule has 5 heterocycles. The third kappa shape index (κ3) is 8.54. The van der Waals surface area contributed by atoms with E-state index in [0.29, 0.717) is 46.9 Å². The summed E-state index contributed by atoms with van der Waals surface area (Å²) in [6.07, 6.45) is 0.481. The lowest BCUT2D eigenvalue weighted by atomic mass is 9.73. The normalized spacial score (nSPS) is 15.6. The quantitative estimate of drug-likeness (QED) is 0.131. The number of alkyl halides is 3. The standard InChI is InChI=1S/C21H15F5N2OS.C21H23N3O3/c1-28-8-7-11-9-17(30-19(11)13-6-5-12(22)10-16(13)28)20(29)27-18-14(21(24,25)26)3-2-4-15(18)23;1-15-10-18(20(26)23-17-4-2-16(12-25)3-5-17)19(22-11-15)24-13-21(14-24)6-8-27-9-7-21/h2-6,9-10H,7-8H2,1H3,(H,27,29);2-5,10-12H,6-9,13-14H2,1H3,(H,23,26). The van der Waals surface area contributed by atoms with Gasteiger partial charge in [0.25, 0.3) is 11.8 Å². The van der Waals surface area contributed by atoms with Crippen molar-refractivity contribution in [2.45, 2.75) is 32.4 Å². The largest absolute Gasteiger partial charge is 0.418 e. The van der Waals surface area contributed by atoms with Crippen LogP contribution in [-0.2, 0) is 17.3 Å². The Kier molecular flexibility index (Phi) is 11.1. The van der Waals surface area contributed by atoms with Gasteiger partial charge >= 0.3 is 6.18 Å². The molecule has 2 saturated heterocycles. The highest BCUT2D eigenvalue weighted by atomic mass is 32.1. The molecule has 0 unspecified atom stereocenters. The van der Waals surface area contributed by atoms with Gasteiger partial charge in [-0.25, -0.2) is 13.8 Å². The molecule has 9 nitrogen and oxygen atoms in total. The van der Waals surface area contributed by atoms with Gasteiger partial charge in [-0.3, -0.25) is 14.4 Å². The number of thiophene rings is 1. The predicted octanol–water partition coefficient (Wildman–Crippen LogP) is 9.03. The molecule has 3 aliphatic heterocycles. The summed E-state index contributed by atoms with van der Waals surface area (Å²) in [5.74, 6) is -1.84. The van der Waals surface area contributed by atoms with Crippen LogP contribution in [0.15, 0.2) is 79.0 Å². The number of carbonyl (C=O) groups excluding carboxylic acids is 3. The Morgan fingerprint density at radius 2 is 1.68 bits per heavy atom. The molecule has 3 aliphatic rings. The summed E-state index contributed by atoms with van der Waals surface area (Å²) >= 11 is 1.08. The number of aldehydes is 1. The number of benzene rings is 3. The SMILES string of the molecule is CN1CCc2cc(C(=O)Nc3c(F)cccc3C(F)(F)F)sc2-c2ccc(F)cc21.Cc1cnc(N2CC3(CCOCC3)C2)c(C(=O)Nc2ccc(C=O)cc2)c1. The van der Waals surface area contributed by atoms with Gasteiger partial charge in [0, 0.05) is 78.9 Å².